The average molecular weight is 255 g/mol. The lowest BCUT2D eigenvalue weighted by Crippen LogP contribution is -2.35. The molecule has 1 saturated heterocycles. The third kappa shape index (κ3) is 4.37. The van der Waals surface area contributed by atoms with Gasteiger partial charge >= 0.3 is 0 Å². The molecule has 1 fully saturated rings. The van der Waals surface area contributed by atoms with Crippen LogP contribution in [0.4, 0.5) is 0 Å². The molecular formula is C13H21NO2S. The van der Waals surface area contributed by atoms with Gasteiger partial charge in [-0.1, -0.05) is 6.92 Å². The van der Waals surface area contributed by atoms with Gasteiger partial charge in [0.15, 0.2) is 0 Å². The predicted molar refractivity (Wildman–Crippen MR) is 71.3 cm³/mol. The van der Waals surface area contributed by atoms with Crippen LogP contribution >= 0.6 is 11.8 Å². The molecule has 1 aliphatic heterocycles. The second-order valence-corrected chi connectivity index (χ2v) is 5.64. The van der Waals surface area contributed by atoms with Gasteiger partial charge in [-0.3, -0.25) is 0 Å². The summed E-state index contributed by atoms with van der Waals surface area (Å²) in [6, 6.07) is 4.53. The number of furan rings is 1. The van der Waals surface area contributed by atoms with Gasteiger partial charge in [0.25, 0.3) is 0 Å². The van der Waals surface area contributed by atoms with Gasteiger partial charge in [-0.05, 0) is 36.8 Å². The molecule has 3 nitrogen and oxygen atoms in total. The highest BCUT2D eigenvalue weighted by Gasteiger charge is 2.22. The summed E-state index contributed by atoms with van der Waals surface area (Å²) in [6.45, 7) is 4.75. The Hall–Kier alpha value is -0.450. The molecule has 0 aliphatic carbocycles. The smallest absolute Gasteiger partial charge is 0.129 e. The summed E-state index contributed by atoms with van der Waals surface area (Å²) in [4.78, 5) is 0. The van der Waals surface area contributed by atoms with Gasteiger partial charge in [0, 0.05) is 18.4 Å². The molecule has 1 aliphatic rings. The highest BCUT2D eigenvalue weighted by atomic mass is 32.2. The standard InChI is InChI=1S/C13H21NO2S/c1-11-9-17-10-13(11)14-5-3-6-15-8-12-4-2-7-16-12/h2,4,7,11,13-14H,3,5-6,8-10H2,1H3. The van der Waals surface area contributed by atoms with Gasteiger partial charge in [0.2, 0.25) is 0 Å². The van der Waals surface area contributed by atoms with Crippen molar-refractivity contribution in [3.63, 3.8) is 0 Å². The minimum atomic E-state index is 0.586. The Morgan fingerprint density at radius 1 is 1.53 bits per heavy atom. The lowest BCUT2D eigenvalue weighted by atomic mass is 10.1. The van der Waals surface area contributed by atoms with Gasteiger partial charge in [-0.2, -0.15) is 11.8 Å². The van der Waals surface area contributed by atoms with E-state index in [1.165, 1.54) is 11.5 Å². The Balaban J connectivity index is 1.46. The van der Waals surface area contributed by atoms with E-state index in [2.05, 4.69) is 24.0 Å². The molecule has 96 valence electrons. The van der Waals surface area contributed by atoms with Crippen LogP contribution in [0.25, 0.3) is 0 Å². The van der Waals surface area contributed by atoms with Gasteiger partial charge in [-0.15, -0.1) is 0 Å². The van der Waals surface area contributed by atoms with Crippen molar-refractivity contribution in [3.05, 3.63) is 24.2 Å². The maximum Gasteiger partial charge on any atom is 0.129 e. The summed E-state index contributed by atoms with van der Waals surface area (Å²) in [7, 11) is 0. The zero-order valence-electron chi connectivity index (χ0n) is 10.4. The highest BCUT2D eigenvalue weighted by molar-refractivity contribution is 7.99. The Kier molecular flexibility index (Phi) is 5.42. The number of ether oxygens (including phenoxy) is 1. The quantitative estimate of drug-likeness (QED) is 0.759. The molecule has 1 aromatic heterocycles. The second-order valence-electron chi connectivity index (χ2n) is 4.56. The van der Waals surface area contributed by atoms with Crippen LogP contribution in [0.3, 0.4) is 0 Å². The molecule has 2 unspecified atom stereocenters. The molecule has 17 heavy (non-hydrogen) atoms. The van der Waals surface area contributed by atoms with E-state index in [-0.39, 0.29) is 0 Å². The first-order valence-corrected chi connectivity index (χ1v) is 7.43. The Morgan fingerprint density at radius 3 is 3.18 bits per heavy atom. The summed E-state index contributed by atoms with van der Waals surface area (Å²) >= 11 is 2.05. The number of hydrogen-bond donors (Lipinski definition) is 1. The van der Waals surface area contributed by atoms with Crippen molar-refractivity contribution in [2.24, 2.45) is 5.92 Å². The normalized spacial score (nSPS) is 24.3. The summed E-state index contributed by atoms with van der Waals surface area (Å²) in [5.74, 6) is 4.27. The fraction of sp³-hybridized carbons (Fsp3) is 0.692. The Morgan fingerprint density at radius 2 is 2.47 bits per heavy atom. The van der Waals surface area contributed by atoms with Crippen molar-refractivity contribution in [1.82, 2.24) is 5.32 Å². The van der Waals surface area contributed by atoms with Crippen LogP contribution in [-0.2, 0) is 11.3 Å². The molecule has 0 aromatic carbocycles. The van der Waals surface area contributed by atoms with Crippen molar-refractivity contribution in [3.8, 4) is 0 Å². The van der Waals surface area contributed by atoms with Crippen molar-refractivity contribution in [2.45, 2.75) is 26.0 Å². The first-order valence-electron chi connectivity index (χ1n) is 6.27. The van der Waals surface area contributed by atoms with Crippen LogP contribution in [0.1, 0.15) is 19.1 Å². The van der Waals surface area contributed by atoms with Crippen molar-refractivity contribution >= 4 is 11.8 Å². The maximum absolute atomic E-state index is 5.53. The minimum absolute atomic E-state index is 0.586. The van der Waals surface area contributed by atoms with Crippen molar-refractivity contribution in [1.29, 1.82) is 0 Å². The Labute approximate surface area is 107 Å². The Bertz CT molecular complexity index is 302. The van der Waals surface area contributed by atoms with E-state index < -0.39 is 0 Å². The summed E-state index contributed by atoms with van der Waals surface area (Å²) in [5.41, 5.74) is 0. The van der Waals surface area contributed by atoms with Crippen LogP contribution in [0, 0.1) is 5.92 Å². The third-order valence-corrected chi connectivity index (χ3v) is 4.42. The molecule has 0 bridgehead atoms. The number of hydrogen-bond acceptors (Lipinski definition) is 4. The van der Waals surface area contributed by atoms with E-state index in [4.69, 9.17) is 9.15 Å². The van der Waals surface area contributed by atoms with Crippen LogP contribution in [0.15, 0.2) is 22.8 Å². The highest BCUT2D eigenvalue weighted by Crippen LogP contribution is 2.23. The van der Waals surface area contributed by atoms with E-state index in [0.29, 0.717) is 12.6 Å². The summed E-state index contributed by atoms with van der Waals surface area (Å²) in [5, 5.41) is 3.60. The minimum Gasteiger partial charge on any atom is -0.467 e. The van der Waals surface area contributed by atoms with Gasteiger partial charge in [0.05, 0.1) is 6.26 Å². The molecule has 1 aromatic rings. The fourth-order valence-electron chi connectivity index (χ4n) is 1.95. The number of rotatable bonds is 7. The topological polar surface area (TPSA) is 34.4 Å². The van der Waals surface area contributed by atoms with E-state index in [1.807, 2.05) is 12.1 Å². The summed E-state index contributed by atoms with van der Waals surface area (Å²) in [6.07, 6.45) is 2.74. The largest absolute Gasteiger partial charge is 0.467 e. The molecule has 0 saturated carbocycles. The van der Waals surface area contributed by atoms with E-state index >= 15 is 0 Å². The fourth-order valence-corrected chi connectivity index (χ4v) is 3.39. The summed E-state index contributed by atoms with van der Waals surface area (Å²) < 4.78 is 10.7. The molecule has 2 atom stereocenters. The molecule has 4 heteroatoms. The maximum atomic E-state index is 5.53. The molecule has 0 radical (unpaired) electrons. The lowest BCUT2D eigenvalue weighted by molar-refractivity contribution is 0.103. The van der Waals surface area contributed by atoms with Crippen LogP contribution in [0.2, 0.25) is 0 Å². The molecule has 0 amide bonds. The first-order chi connectivity index (χ1) is 8.36. The van der Waals surface area contributed by atoms with E-state index in [9.17, 15) is 0 Å². The van der Waals surface area contributed by atoms with Crippen LogP contribution < -0.4 is 5.32 Å². The zero-order valence-corrected chi connectivity index (χ0v) is 11.2. The molecule has 0 spiro atoms. The van der Waals surface area contributed by atoms with Gasteiger partial charge < -0.3 is 14.5 Å². The number of nitrogens with one attached hydrogen (secondary N) is 1. The second kappa shape index (κ2) is 7.09. The number of thioether (sulfide) groups is 1. The molecule has 2 rings (SSSR count). The zero-order chi connectivity index (χ0) is 11.9. The monoisotopic (exact) mass is 255 g/mol. The van der Waals surface area contributed by atoms with Crippen LogP contribution in [0.5, 0.6) is 0 Å². The SMILES string of the molecule is CC1CSCC1NCCCOCc1ccco1. The predicted octanol–water partition coefficient (Wildman–Crippen LogP) is 2.53. The van der Waals surface area contributed by atoms with Gasteiger partial charge in [0.1, 0.15) is 12.4 Å². The third-order valence-electron chi connectivity index (χ3n) is 3.06. The van der Waals surface area contributed by atoms with Crippen LogP contribution in [-0.4, -0.2) is 30.7 Å². The van der Waals surface area contributed by atoms with Gasteiger partial charge in [-0.25, -0.2) is 0 Å². The van der Waals surface area contributed by atoms with E-state index in [0.717, 1.165) is 31.3 Å². The lowest BCUT2D eigenvalue weighted by Gasteiger charge is -2.16. The van der Waals surface area contributed by atoms with E-state index in [1.54, 1.807) is 6.26 Å². The van der Waals surface area contributed by atoms with Crippen molar-refractivity contribution < 1.29 is 9.15 Å². The van der Waals surface area contributed by atoms with Crippen molar-refractivity contribution in [2.75, 3.05) is 24.7 Å². The molecule has 2 heterocycles. The first kappa shape index (κ1) is 13.0. The molecular weight excluding hydrogens is 234 g/mol. The average Bonchev–Trinajstić information content (AvgIpc) is 2.95. The molecule has 1 N–H and O–H groups in total.